The van der Waals surface area contributed by atoms with Gasteiger partial charge in [0.25, 0.3) is 5.91 Å². The van der Waals surface area contributed by atoms with Gasteiger partial charge < -0.3 is 24.5 Å². The van der Waals surface area contributed by atoms with Crippen LogP contribution in [-0.2, 0) is 15.8 Å². The van der Waals surface area contributed by atoms with Crippen LogP contribution in [0.15, 0.2) is 51.7 Å². The van der Waals surface area contributed by atoms with Crippen molar-refractivity contribution in [1.82, 2.24) is 0 Å². The minimum Gasteiger partial charge on any atom is -0.495 e. The number of carbonyl (C=O) groups excluding carboxylic acids is 2. The highest BCUT2D eigenvalue weighted by atomic mass is 19.4. The molecular formula is C21H17F3N2O6. The zero-order valence-corrected chi connectivity index (χ0v) is 16.8. The molecule has 0 atom stereocenters. The zero-order chi connectivity index (χ0) is 23.5. The van der Waals surface area contributed by atoms with E-state index >= 15 is 0 Å². The topological polar surface area (TPSA) is 107 Å². The maximum atomic E-state index is 13.1. The summed E-state index contributed by atoms with van der Waals surface area (Å²) in [5, 5.41) is 4.82. The van der Waals surface area contributed by atoms with Gasteiger partial charge in [-0.1, -0.05) is 0 Å². The van der Waals surface area contributed by atoms with Crippen molar-refractivity contribution in [3.8, 4) is 11.5 Å². The molecule has 0 aliphatic heterocycles. The molecule has 1 aromatic heterocycles. The van der Waals surface area contributed by atoms with E-state index in [4.69, 9.17) is 13.9 Å². The Bertz CT molecular complexity index is 1240. The standard InChI is InChI=1S/C21H17F3N2O6/c1-11(27)25-12-3-6-17(30-2)16(7-12)26-19(28)10-31-13-4-5-14-15(21(22,23)24)9-20(29)32-18(14)8-13/h3-9H,10H2,1-2H3,(H,25,27)(H,26,28). The van der Waals surface area contributed by atoms with Crippen molar-refractivity contribution in [2.24, 2.45) is 0 Å². The highest BCUT2D eigenvalue weighted by Crippen LogP contribution is 2.35. The number of alkyl halides is 3. The molecule has 3 aromatic rings. The van der Waals surface area contributed by atoms with Gasteiger partial charge in [-0.15, -0.1) is 0 Å². The second kappa shape index (κ2) is 9.00. The van der Waals surface area contributed by atoms with Crippen LogP contribution < -0.4 is 25.7 Å². The molecule has 0 unspecified atom stereocenters. The Labute approximate surface area is 178 Å². The molecule has 0 radical (unpaired) electrons. The molecule has 0 saturated heterocycles. The largest absolute Gasteiger partial charge is 0.495 e. The lowest BCUT2D eigenvalue weighted by atomic mass is 10.1. The van der Waals surface area contributed by atoms with Crippen molar-refractivity contribution in [3.63, 3.8) is 0 Å². The van der Waals surface area contributed by atoms with E-state index in [0.29, 0.717) is 17.5 Å². The zero-order valence-electron chi connectivity index (χ0n) is 16.8. The molecule has 2 N–H and O–H groups in total. The molecule has 1 heterocycles. The molecule has 11 heteroatoms. The summed E-state index contributed by atoms with van der Waals surface area (Å²) >= 11 is 0. The summed E-state index contributed by atoms with van der Waals surface area (Å²) in [6.07, 6.45) is -4.73. The van der Waals surface area contributed by atoms with Gasteiger partial charge in [0.05, 0.1) is 18.4 Å². The van der Waals surface area contributed by atoms with Gasteiger partial charge in [0.15, 0.2) is 6.61 Å². The van der Waals surface area contributed by atoms with Gasteiger partial charge in [-0.25, -0.2) is 4.79 Å². The van der Waals surface area contributed by atoms with E-state index in [9.17, 15) is 27.6 Å². The Balaban J connectivity index is 1.75. The summed E-state index contributed by atoms with van der Waals surface area (Å²) in [5.74, 6) is -0.546. The number of fused-ring (bicyclic) bond motifs is 1. The quantitative estimate of drug-likeness (QED) is 0.554. The highest BCUT2D eigenvalue weighted by molar-refractivity contribution is 5.95. The molecule has 0 saturated carbocycles. The van der Waals surface area contributed by atoms with E-state index in [-0.39, 0.29) is 28.3 Å². The van der Waals surface area contributed by atoms with Gasteiger partial charge in [0, 0.05) is 30.1 Å². The number of hydrogen-bond acceptors (Lipinski definition) is 6. The van der Waals surface area contributed by atoms with Gasteiger partial charge >= 0.3 is 11.8 Å². The van der Waals surface area contributed by atoms with E-state index in [1.807, 2.05) is 0 Å². The first-order chi connectivity index (χ1) is 15.1. The van der Waals surface area contributed by atoms with Crippen molar-refractivity contribution >= 4 is 34.2 Å². The van der Waals surface area contributed by atoms with Crippen LogP contribution in [0.3, 0.4) is 0 Å². The van der Waals surface area contributed by atoms with Crippen molar-refractivity contribution in [3.05, 3.63) is 58.4 Å². The normalized spacial score (nSPS) is 11.2. The Hall–Kier alpha value is -4.02. The summed E-state index contributed by atoms with van der Waals surface area (Å²) in [4.78, 5) is 35.0. The van der Waals surface area contributed by atoms with Crippen LogP contribution in [-0.4, -0.2) is 25.5 Å². The predicted octanol–water partition coefficient (Wildman–Crippen LogP) is 3.80. The average molecular weight is 450 g/mol. The monoisotopic (exact) mass is 450 g/mol. The Kier molecular flexibility index (Phi) is 6.37. The highest BCUT2D eigenvalue weighted by Gasteiger charge is 2.33. The van der Waals surface area contributed by atoms with Crippen molar-refractivity contribution in [1.29, 1.82) is 0 Å². The first-order valence-corrected chi connectivity index (χ1v) is 9.10. The minimum absolute atomic E-state index is 0.0223. The summed E-state index contributed by atoms with van der Waals surface area (Å²) in [5.41, 5.74) is -1.91. The minimum atomic E-state index is -4.73. The number of methoxy groups -OCH3 is 1. The van der Waals surface area contributed by atoms with E-state index in [1.165, 1.54) is 26.2 Å². The summed E-state index contributed by atoms with van der Waals surface area (Å²) in [6.45, 7) is 0.835. The van der Waals surface area contributed by atoms with Crippen LogP contribution in [0, 0.1) is 0 Å². The first-order valence-electron chi connectivity index (χ1n) is 9.10. The number of hydrogen-bond donors (Lipinski definition) is 2. The van der Waals surface area contributed by atoms with Crippen molar-refractivity contribution in [2.75, 3.05) is 24.4 Å². The molecular weight excluding hydrogens is 433 g/mol. The van der Waals surface area contributed by atoms with E-state index < -0.39 is 29.9 Å². The molecule has 2 amide bonds. The molecule has 0 bridgehead atoms. The first kappa shape index (κ1) is 22.7. The maximum absolute atomic E-state index is 13.1. The van der Waals surface area contributed by atoms with Gasteiger partial charge in [-0.05, 0) is 30.3 Å². The smallest absolute Gasteiger partial charge is 0.417 e. The molecule has 3 rings (SSSR count). The molecule has 168 valence electrons. The third-order valence-corrected chi connectivity index (χ3v) is 4.19. The third kappa shape index (κ3) is 5.36. The number of amides is 2. The average Bonchev–Trinajstić information content (AvgIpc) is 2.70. The van der Waals surface area contributed by atoms with E-state index in [1.54, 1.807) is 12.1 Å². The molecule has 8 nitrogen and oxygen atoms in total. The summed E-state index contributed by atoms with van der Waals surface area (Å²) < 4.78 is 54.7. The number of benzene rings is 2. The number of nitrogens with one attached hydrogen (secondary N) is 2. The van der Waals surface area contributed by atoms with Gasteiger partial charge in [0.2, 0.25) is 5.91 Å². The number of ether oxygens (including phenoxy) is 2. The van der Waals surface area contributed by atoms with Gasteiger partial charge in [0.1, 0.15) is 17.1 Å². The van der Waals surface area contributed by atoms with Crippen LogP contribution in [0.5, 0.6) is 11.5 Å². The molecule has 0 aliphatic carbocycles. The summed E-state index contributed by atoms with van der Waals surface area (Å²) in [6, 6.07) is 8.41. The predicted molar refractivity (Wildman–Crippen MR) is 109 cm³/mol. The Morgan fingerprint density at radius 1 is 1.06 bits per heavy atom. The second-order valence-electron chi connectivity index (χ2n) is 6.57. The lowest BCUT2D eigenvalue weighted by Crippen LogP contribution is -2.20. The maximum Gasteiger partial charge on any atom is 0.417 e. The van der Waals surface area contributed by atoms with Crippen LogP contribution in [0.2, 0.25) is 0 Å². The molecule has 2 aromatic carbocycles. The fourth-order valence-corrected chi connectivity index (χ4v) is 2.89. The fraction of sp³-hybridized carbons (Fsp3) is 0.190. The number of halogens is 3. The van der Waals surface area contributed by atoms with E-state index in [2.05, 4.69) is 10.6 Å². The van der Waals surface area contributed by atoms with Crippen LogP contribution >= 0.6 is 0 Å². The van der Waals surface area contributed by atoms with Crippen LogP contribution in [0.1, 0.15) is 12.5 Å². The van der Waals surface area contributed by atoms with Crippen LogP contribution in [0.25, 0.3) is 11.0 Å². The van der Waals surface area contributed by atoms with Gasteiger partial charge in [-0.3, -0.25) is 9.59 Å². The third-order valence-electron chi connectivity index (χ3n) is 4.19. The van der Waals surface area contributed by atoms with Crippen molar-refractivity contribution in [2.45, 2.75) is 13.1 Å². The lowest BCUT2D eigenvalue weighted by molar-refractivity contribution is -0.136. The SMILES string of the molecule is COc1ccc(NC(C)=O)cc1NC(=O)COc1ccc2c(C(F)(F)F)cc(=O)oc2c1. The Morgan fingerprint density at radius 3 is 2.47 bits per heavy atom. The summed E-state index contributed by atoms with van der Waals surface area (Å²) in [7, 11) is 1.40. The number of rotatable bonds is 6. The number of anilines is 2. The lowest BCUT2D eigenvalue weighted by Gasteiger charge is -2.13. The van der Waals surface area contributed by atoms with Crippen molar-refractivity contribution < 1.29 is 36.7 Å². The fourth-order valence-electron chi connectivity index (χ4n) is 2.89. The molecule has 0 spiro atoms. The van der Waals surface area contributed by atoms with E-state index in [0.717, 1.165) is 12.1 Å². The van der Waals surface area contributed by atoms with Crippen LogP contribution in [0.4, 0.5) is 24.5 Å². The molecule has 0 fully saturated rings. The molecule has 32 heavy (non-hydrogen) atoms. The molecule has 0 aliphatic rings. The number of carbonyl (C=O) groups is 2. The Morgan fingerprint density at radius 2 is 1.81 bits per heavy atom. The second-order valence-corrected chi connectivity index (χ2v) is 6.57. The van der Waals surface area contributed by atoms with Gasteiger partial charge in [-0.2, -0.15) is 13.2 Å².